The van der Waals surface area contributed by atoms with E-state index in [0.717, 1.165) is 49.1 Å². The van der Waals surface area contributed by atoms with Crippen LogP contribution in [-0.2, 0) is 12.8 Å². The summed E-state index contributed by atoms with van der Waals surface area (Å²) < 4.78 is 0. The van der Waals surface area contributed by atoms with E-state index in [9.17, 15) is 4.79 Å². The fourth-order valence-electron chi connectivity index (χ4n) is 2.95. The van der Waals surface area contributed by atoms with Crippen LogP contribution in [0.25, 0.3) is 0 Å². The minimum Gasteiger partial charge on any atom is -0.293 e. The topological polar surface area (TPSA) is 45.8 Å². The summed E-state index contributed by atoms with van der Waals surface area (Å²) in [6.07, 6.45) is 6.31. The van der Waals surface area contributed by atoms with Gasteiger partial charge < -0.3 is 0 Å². The predicted octanol–water partition coefficient (Wildman–Crippen LogP) is 2.27. The highest BCUT2D eigenvalue weighted by Crippen LogP contribution is 2.50. The van der Waals surface area contributed by atoms with Crippen molar-refractivity contribution in [1.82, 2.24) is 10.2 Å². The van der Waals surface area contributed by atoms with Gasteiger partial charge in [-0.2, -0.15) is 5.10 Å². The zero-order valence-electron chi connectivity index (χ0n) is 9.10. The van der Waals surface area contributed by atoms with Crippen LogP contribution in [0, 0.1) is 5.41 Å². The standard InChI is InChI=1S/C12H16N2O/c1-2-8-10-9(14-13-8)4-7-12(11(10)15)5-3-6-12/h2-7H2,1H3,(H,13,14). The lowest BCUT2D eigenvalue weighted by molar-refractivity contribution is 0.0553. The van der Waals surface area contributed by atoms with E-state index in [-0.39, 0.29) is 5.41 Å². The fraction of sp³-hybridized carbons (Fsp3) is 0.667. The van der Waals surface area contributed by atoms with Crippen molar-refractivity contribution in [3.05, 3.63) is 17.0 Å². The van der Waals surface area contributed by atoms with Crippen molar-refractivity contribution in [2.45, 2.75) is 45.4 Å². The van der Waals surface area contributed by atoms with Crippen molar-refractivity contribution in [3.63, 3.8) is 0 Å². The van der Waals surface area contributed by atoms with Gasteiger partial charge in [0.05, 0.1) is 11.3 Å². The third-order valence-corrected chi connectivity index (χ3v) is 4.12. The Bertz CT molecular complexity index is 402. The van der Waals surface area contributed by atoms with Crippen molar-refractivity contribution in [3.8, 4) is 0 Å². The molecule has 80 valence electrons. The fourth-order valence-corrected chi connectivity index (χ4v) is 2.95. The van der Waals surface area contributed by atoms with Crippen LogP contribution in [-0.4, -0.2) is 16.0 Å². The molecule has 1 aromatic heterocycles. The van der Waals surface area contributed by atoms with Gasteiger partial charge in [-0.1, -0.05) is 13.3 Å². The number of nitrogens with one attached hydrogen (secondary N) is 1. The van der Waals surface area contributed by atoms with E-state index in [1.807, 2.05) is 0 Å². The lowest BCUT2D eigenvalue weighted by Crippen LogP contribution is -2.41. The van der Waals surface area contributed by atoms with E-state index >= 15 is 0 Å². The van der Waals surface area contributed by atoms with Crippen LogP contribution in [0.1, 0.15) is 54.4 Å². The van der Waals surface area contributed by atoms with E-state index in [1.54, 1.807) is 0 Å². The van der Waals surface area contributed by atoms with Gasteiger partial charge in [0.2, 0.25) is 0 Å². The molecule has 0 saturated heterocycles. The maximum Gasteiger partial charge on any atom is 0.172 e. The molecule has 0 unspecified atom stereocenters. The molecule has 1 spiro atoms. The molecule has 15 heavy (non-hydrogen) atoms. The second-order valence-corrected chi connectivity index (χ2v) is 4.84. The summed E-state index contributed by atoms with van der Waals surface area (Å²) in [7, 11) is 0. The molecule has 0 atom stereocenters. The molecule has 0 aromatic carbocycles. The number of aryl methyl sites for hydroxylation is 2. The van der Waals surface area contributed by atoms with Gasteiger partial charge in [-0.3, -0.25) is 9.89 Å². The normalized spacial score (nSPS) is 22.6. The van der Waals surface area contributed by atoms with Gasteiger partial charge in [0.1, 0.15) is 0 Å². The number of hydrogen-bond acceptors (Lipinski definition) is 2. The number of rotatable bonds is 1. The van der Waals surface area contributed by atoms with E-state index in [0.29, 0.717) is 5.78 Å². The van der Waals surface area contributed by atoms with E-state index in [2.05, 4.69) is 17.1 Å². The quantitative estimate of drug-likeness (QED) is 0.762. The summed E-state index contributed by atoms with van der Waals surface area (Å²) in [5, 5.41) is 7.27. The smallest absolute Gasteiger partial charge is 0.172 e. The second-order valence-electron chi connectivity index (χ2n) is 4.84. The van der Waals surface area contributed by atoms with E-state index in [1.165, 1.54) is 6.42 Å². The van der Waals surface area contributed by atoms with Gasteiger partial charge in [0.25, 0.3) is 0 Å². The first-order valence-corrected chi connectivity index (χ1v) is 5.88. The summed E-state index contributed by atoms with van der Waals surface area (Å²) in [6.45, 7) is 2.06. The van der Waals surface area contributed by atoms with Gasteiger partial charge in [0.15, 0.2) is 5.78 Å². The number of ketones is 1. The average molecular weight is 204 g/mol. The Morgan fingerprint density at radius 2 is 2.20 bits per heavy atom. The molecule has 2 aliphatic rings. The van der Waals surface area contributed by atoms with Gasteiger partial charge in [-0.25, -0.2) is 0 Å². The van der Waals surface area contributed by atoms with Gasteiger partial charge >= 0.3 is 0 Å². The highest BCUT2D eigenvalue weighted by Gasteiger charge is 2.48. The summed E-state index contributed by atoms with van der Waals surface area (Å²) >= 11 is 0. The number of aromatic nitrogens is 2. The van der Waals surface area contributed by atoms with Crippen molar-refractivity contribution in [2.24, 2.45) is 5.41 Å². The molecule has 0 radical (unpaired) electrons. The number of nitrogens with zero attached hydrogens (tertiary/aromatic N) is 1. The molecule has 0 aliphatic heterocycles. The van der Waals surface area contributed by atoms with Crippen LogP contribution in [0.3, 0.4) is 0 Å². The number of Topliss-reactive ketones (excluding diaryl/α,β-unsaturated/α-hetero) is 1. The monoisotopic (exact) mass is 204 g/mol. The molecular weight excluding hydrogens is 188 g/mol. The Labute approximate surface area is 89.3 Å². The van der Waals surface area contributed by atoms with Crippen molar-refractivity contribution >= 4 is 5.78 Å². The summed E-state index contributed by atoms with van der Waals surface area (Å²) in [4.78, 5) is 12.4. The Hall–Kier alpha value is -1.12. The maximum absolute atomic E-state index is 12.4. The number of hydrogen-bond donors (Lipinski definition) is 1. The molecule has 0 amide bonds. The molecule has 1 fully saturated rings. The van der Waals surface area contributed by atoms with Gasteiger partial charge in [-0.15, -0.1) is 0 Å². The second kappa shape index (κ2) is 2.94. The zero-order valence-corrected chi connectivity index (χ0v) is 9.10. The average Bonchev–Trinajstić information content (AvgIpc) is 2.59. The highest BCUT2D eigenvalue weighted by molar-refractivity contribution is 6.03. The lowest BCUT2D eigenvalue weighted by Gasteiger charge is -2.42. The van der Waals surface area contributed by atoms with Crippen LogP contribution in [0.15, 0.2) is 0 Å². The first-order valence-electron chi connectivity index (χ1n) is 5.88. The molecule has 1 N–H and O–H groups in total. The molecule has 1 heterocycles. The third kappa shape index (κ3) is 1.06. The molecule has 3 heteroatoms. The van der Waals surface area contributed by atoms with Crippen molar-refractivity contribution in [1.29, 1.82) is 0 Å². The third-order valence-electron chi connectivity index (χ3n) is 4.12. The number of fused-ring (bicyclic) bond motifs is 1. The molecular formula is C12H16N2O. The van der Waals surface area contributed by atoms with Crippen LogP contribution < -0.4 is 0 Å². The molecule has 3 nitrogen and oxygen atoms in total. The Morgan fingerprint density at radius 3 is 2.80 bits per heavy atom. The summed E-state index contributed by atoms with van der Waals surface area (Å²) in [5.74, 6) is 0.376. The minimum atomic E-state index is 0.0147. The molecule has 2 aliphatic carbocycles. The Morgan fingerprint density at radius 1 is 1.40 bits per heavy atom. The first-order chi connectivity index (χ1) is 7.27. The molecule has 1 saturated carbocycles. The summed E-state index contributed by atoms with van der Waals surface area (Å²) in [5.41, 5.74) is 3.00. The number of H-pyrrole nitrogens is 1. The number of aromatic amines is 1. The van der Waals surface area contributed by atoms with Crippen LogP contribution in [0.4, 0.5) is 0 Å². The van der Waals surface area contributed by atoms with Crippen molar-refractivity contribution in [2.75, 3.05) is 0 Å². The summed E-state index contributed by atoms with van der Waals surface area (Å²) in [6, 6.07) is 0. The highest BCUT2D eigenvalue weighted by atomic mass is 16.1. The lowest BCUT2D eigenvalue weighted by atomic mass is 9.59. The zero-order chi connectivity index (χ0) is 10.5. The van der Waals surface area contributed by atoms with Gasteiger partial charge in [0, 0.05) is 11.1 Å². The van der Waals surface area contributed by atoms with Crippen LogP contribution in [0.5, 0.6) is 0 Å². The molecule has 1 aromatic rings. The molecule has 3 rings (SSSR count). The van der Waals surface area contributed by atoms with Gasteiger partial charge in [-0.05, 0) is 32.1 Å². The number of carbonyl (C=O) groups is 1. The largest absolute Gasteiger partial charge is 0.293 e. The molecule has 0 bridgehead atoms. The minimum absolute atomic E-state index is 0.0147. The Balaban J connectivity index is 2.07. The predicted molar refractivity (Wildman–Crippen MR) is 56.9 cm³/mol. The van der Waals surface area contributed by atoms with E-state index in [4.69, 9.17) is 0 Å². The SMILES string of the molecule is CCc1n[nH]c2c1C(=O)C1(CCC1)CC2. The van der Waals surface area contributed by atoms with E-state index < -0.39 is 0 Å². The maximum atomic E-state index is 12.4. The van der Waals surface area contributed by atoms with Crippen LogP contribution in [0.2, 0.25) is 0 Å². The number of carbonyl (C=O) groups excluding carboxylic acids is 1. The Kier molecular flexibility index (Phi) is 1.79. The van der Waals surface area contributed by atoms with Crippen LogP contribution >= 0.6 is 0 Å². The van der Waals surface area contributed by atoms with Crippen molar-refractivity contribution < 1.29 is 4.79 Å². The first kappa shape index (κ1) is 9.13.